The van der Waals surface area contributed by atoms with Crippen LogP contribution >= 0.6 is 0 Å². The highest BCUT2D eigenvalue weighted by atomic mass is 19.2. The quantitative estimate of drug-likeness (QED) is 0.176. The molecule has 2 heterocycles. The van der Waals surface area contributed by atoms with E-state index in [0.29, 0.717) is 31.6 Å². The molecule has 34 heavy (non-hydrogen) atoms. The zero-order valence-corrected chi connectivity index (χ0v) is 19.0. The first-order valence-corrected chi connectivity index (χ1v) is 11.2. The molecule has 0 aliphatic carbocycles. The number of hydrogen-bond donors (Lipinski definition) is 0. The second-order valence-electron chi connectivity index (χ2n) is 8.45. The maximum atomic E-state index is 14.4. The van der Waals surface area contributed by atoms with Crippen molar-refractivity contribution in [2.24, 2.45) is 0 Å². The van der Waals surface area contributed by atoms with E-state index in [1.54, 1.807) is 18.2 Å². The molecular formula is C26H25F5N2O. The van der Waals surface area contributed by atoms with Crippen molar-refractivity contribution in [3.8, 4) is 5.75 Å². The Bertz CT molecular complexity index is 1210. The minimum Gasteiger partial charge on any atom is -0.497 e. The third kappa shape index (κ3) is 4.64. The first-order valence-electron chi connectivity index (χ1n) is 11.2. The molecule has 1 atom stereocenters. The molecule has 1 aromatic heterocycles. The van der Waals surface area contributed by atoms with Crippen molar-refractivity contribution in [2.75, 3.05) is 13.7 Å². The van der Waals surface area contributed by atoms with Gasteiger partial charge in [-0.2, -0.15) is 0 Å². The standard InChI is InChI=1S/C26H25F5N2O/c1-3-4-15-8-10-33(14-20-22(27)24(29)26(31)25(30)23(20)28)17(11-15)12-16-7-9-32-21-6-5-18(34-2)13-19(16)21/h4-7,9,13,17H,3,8,10-12,14H2,1-2H3/b15-4-. The van der Waals surface area contributed by atoms with Crippen molar-refractivity contribution in [2.45, 2.75) is 45.2 Å². The predicted octanol–water partition coefficient (Wildman–Crippen LogP) is 6.48. The summed E-state index contributed by atoms with van der Waals surface area (Å²) < 4.78 is 75.3. The molecule has 1 aliphatic heterocycles. The molecule has 0 spiro atoms. The number of pyridine rings is 1. The second kappa shape index (κ2) is 10.1. The summed E-state index contributed by atoms with van der Waals surface area (Å²) in [6, 6.07) is 7.25. The maximum Gasteiger partial charge on any atom is 0.200 e. The van der Waals surface area contributed by atoms with Crippen molar-refractivity contribution in [3.05, 3.63) is 82.3 Å². The van der Waals surface area contributed by atoms with Crippen LogP contribution in [0.25, 0.3) is 10.9 Å². The average molecular weight is 476 g/mol. The molecule has 0 bridgehead atoms. The van der Waals surface area contributed by atoms with Crippen molar-refractivity contribution in [1.29, 1.82) is 0 Å². The fourth-order valence-electron chi connectivity index (χ4n) is 4.62. The third-order valence-corrected chi connectivity index (χ3v) is 6.38. The van der Waals surface area contributed by atoms with Crippen molar-refractivity contribution < 1.29 is 26.7 Å². The van der Waals surface area contributed by atoms with Gasteiger partial charge in [0.2, 0.25) is 5.82 Å². The fraction of sp³-hybridized carbons (Fsp3) is 0.346. The Balaban J connectivity index is 1.70. The molecule has 0 saturated carbocycles. The van der Waals surface area contributed by atoms with E-state index in [-0.39, 0.29) is 12.6 Å². The van der Waals surface area contributed by atoms with E-state index >= 15 is 0 Å². The van der Waals surface area contributed by atoms with Gasteiger partial charge >= 0.3 is 0 Å². The summed E-state index contributed by atoms with van der Waals surface area (Å²) in [5.41, 5.74) is 2.17. The van der Waals surface area contributed by atoms with Crippen molar-refractivity contribution in [3.63, 3.8) is 0 Å². The Hall–Kier alpha value is -3.00. The van der Waals surface area contributed by atoms with Crippen LogP contribution in [0.2, 0.25) is 0 Å². The molecule has 0 N–H and O–H groups in total. The number of fused-ring (bicyclic) bond motifs is 1. The number of ether oxygens (including phenoxy) is 1. The first-order chi connectivity index (χ1) is 16.3. The molecule has 3 nitrogen and oxygen atoms in total. The van der Waals surface area contributed by atoms with Gasteiger partial charge in [-0.25, -0.2) is 22.0 Å². The Kier molecular flexibility index (Phi) is 7.16. The summed E-state index contributed by atoms with van der Waals surface area (Å²) in [4.78, 5) is 6.20. The average Bonchev–Trinajstić information content (AvgIpc) is 2.85. The van der Waals surface area contributed by atoms with Crippen LogP contribution in [-0.2, 0) is 13.0 Å². The molecule has 180 valence electrons. The van der Waals surface area contributed by atoms with Gasteiger partial charge in [0.25, 0.3) is 0 Å². The monoisotopic (exact) mass is 476 g/mol. The van der Waals surface area contributed by atoms with Gasteiger partial charge in [0.15, 0.2) is 23.3 Å². The number of piperidine rings is 1. The van der Waals surface area contributed by atoms with E-state index in [9.17, 15) is 22.0 Å². The second-order valence-corrected chi connectivity index (χ2v) is 8.45. The van der Waals surface area contributed by atoms with E-state index in [1.165, 1.54) is 5.57 Å². The number of nitrogens with zero attached hydrogens (tertiary/aromatic N) is 2. The highest BCUT2D eigenvalue weighted by Gasteiger charge is 2.31. The number of benzene rings is 2. The van der Waals surface area contributed by atoms with Gasteiger partial charge < -0.3 is 4.74 Å². The van der Waals surface area contributed by atoms with Crippen molar-refractivity contribution >= 4 is 10.9 Å². The Labute approximate surface area is 194 Å². The number of likely N-dealkylation sites (tertiary alicyclic amines) is 1. The summed E-state index contributed by atoms with van der Waals surface area (Å²) >= 11 is 0. The van der Waals surface area contributed by atoms with E-state index in [2.05, 4.69) is 11.1 Å². The minimum atomic E-state index is -2.14. The zero-order valence-electron chi connectivity index (χ0n) is 19.0. The largest absolute Gasteiger partial charge is 0.497 e. The molecule has 1 unspecified atom stereocenters. The summed E-state index contributed by atoms with van der Waals surface area (Å²) in [5.74, 6) is -8.84. The summed E-state index contributed by atoms with van der Waals surface area (Å²) in [6.45, 7) is 2.11. The van der Waals surface area contributed by atoms with Crippen LogP contribution in [0.4, 0.5) is 22.0 Å². The lowest BCUT2D eigenvalue weighted by molar-refractivity contribution is 0.158. The van der Waals surface area contributed by atoms with Crippen LogP contribution in [-0.4, -0.2) is 29.6 Å². The van der Waals surface area contributed by atoms with E-state index in [0.717, 1.165) is 22.9 Å². The van der Waals surface area contributed by atoms with Gasteiger partial charge in [0.1, 0.15) is 5.75 Å². The smallest absolute Gasteiger partial charge is 0.200 e. The molecule has 3 aromatic rings. The topological polar surface area (TPSA) is 25.4 Å². The Morgan fingerprint density at radius 1 is 1.03 bits per heavy atom. The number of halogens is 5. The van der Waals surface area contributed by atoms with Crippen LogP contribution < -0.4 is 4.74 Å². The van der Waals surface area contributed by atoms with Gasteiger partial charge in [-0.15, -0.1) is 0 Å². The highest BCUT2D eigenvalue weighted by Crippen LogP contribution is 2.32. The van der Waals surface area contributed by atoms with Crippen LogP contribution in [0.5, 0.6) is 5.75 Å². The predicted molar refractivity (Wildman–Crippen MR) is 120 cm³/mol. The Morgan fingerprint density at radius 3 is 2.41 bits per heavy atom. The lowest BCUT2D eigenvalue weighted by atomic mass is 9.90. The molecule has 0 radical (unpaired) electrons. The van der Waals surface area contributed by atoms with E-state index in [4.69, 9.17) is 4.74 Å². The zero-order chi connectivity index (χ0) is 24.4. The molecule has 1 aliphatic rings. The molecule has 1 saturated heterocycles. The number of rotatable bonds is 6. The molecule has 1 fully saturated rings. The number of aromatic nitrogens is 1. The van der Waals surface area contributed by atoms with Crippen molar-refractivity contribution in [1.82, 2.24) is 9.88 Å². The van der Waals surface area contributed by atoms with Gasteiger partial charge in [-0.3, -0.25) is 9.88 Å². The molecule has 2 aromatic carbocycles. The van der Waals surface area contributed by atoms with Crippen LogP contribution in [0.15, 0.2) is 42.1 Å². The molecule has 8 heteroatoms. The van der Waals surface area contributed by atoms with Crippen LogP contribution in [0.1, 0.15) is 37.3 Å². The van der Waals surface area contributed by atoms with Gasteiger partial charge in [0.05, 0.1) is 12.6 Å². The lowest BCUT2D eigenvalue weighted by Crippen LogP contribution is -2.41. The summed E-state index contributed by atoms with van der Waals surface area (Å²) in [5, 5.41) is 0.893. The van der Waals surface area contributed by atoms with Crippen LogP contribution in [0.3, 0.4) is 0 Å². The van der Waals surface area contributed by atoms with E-state index in [1.807, 2.05) is 31.2 Å². The minimum absolute atomic E-state index is 0.196. The van der Waals surface area contributed by atoms with Crippen LogP contribution in [0, 0.1) is 29.1 Å². The number of methoxy groups -OCH3 is 1. The van der Waals surface area contributed by atoms with Gasteiger partial charge in [-0.1, -0.05) is 18.6 Å². The summed E-state index contributed by atoms with van der Waals surface area (Å²) in [6.07, 6.45) is 6.51. The number of allylic oxidation sites excluding steroid dienone is 1. The van der Waals surface area contributed by atoms with Gasteiger partial charge in [-0.05, 0) is 55.5 Å². The Morgan fingerprint density at radius 2 is 1.74 bits per heavy atom. The first kappa shape index (κ1) is 24.1. The lowest BCUT2D eigenvalue weighted by Gasteiger charge is -2.37. The molecular weight excluding hydrogens is 451 g/mol. The normalized spacial score (nSPS) is 18.1. The third-order valence-electron chi connectivity index (χ3n) is 6.38. The highest BCUT2D eigenvalue weighted by molar-refractivity contribution is 5.83. The number of hydrogen-bond acceptors (Lipinski definition) is 3. The maximum absolute atomic E-state index is 14.4. The van der Waals surface area contributed by atoms with Gasteiger partial charge in [0, 0.05) is 36.3 Å². The van der Waals surface area contributed by atoms with E-state index < -0.39 is 34.6 Å². The molecule has 4 rings (SSSR count). The SMILES string of the molecule is CC/C=C1/CCN(Cc2c(F)c(F)c(F)c(F)c2F)C(Cc2ccnc3ccc(OC)cc23)C1. The summed E-state index contributed by atoms with van der Waals surface area (Å²) in [7, 11) is 1.58. The fourth-order valence-corrected chi connectivity index (χ4v) is 4.62. The molecule has 0 amide bonds.